The van der Waals surface area contributed by atoms with Crippen LogP contribution in [0, 0.1) is 0 Å². The predicted molar refractivity (Wildman–Crippen MR) is 144 cm³/mol. The highest BCUT2D eigenvalue weighted by atomic mass is 79.9. The lowest BCUT2D eigenvalue weighted by atomic mass is 10.1. The first-order valence-electron chi connectivity index (χ1n) is 12.6. The van der Waals surface area contributed by atoms with Crippen LogP contribution >= 0.6 is 27.8 Å². The van der Waals surface area contributed by atoms with Gasteiger partial charge in [0.15, 0.2) is 8.87 Å². The largest absolute Gasteiger partial charge is 0.324 e. The Morgan fingerprint density at radius 1 is 0.567 bits per heavy atom. The number of rotatable bonds is 22. The molecule has 0 heterocycles. The van der Waals surface area contributed by atoms with Crippen molar-refractivity contribution in [3.05, 3.63) is 0 Å². The lowest BCUT2D eigenvalue weighted by Crippen LogP contribution is -2.50. The average molecular weight is 532 g/mol. The van der Waals surface area contributed by atoms with Crippen molar-refractivity contribution < 1.29 is 12.9 Å². The molecule has 0 aliphatic rings. The molecule has 0 aliphatic carbocycles. The van der Waals surface area contributed by atoms with Gasteiger partial charge in [-0.05, 0) is 68.6 Å². The van der Waals surface area contributed by atoms with Crippen LogP contribution in [0.1, 0.15) is 117 Å². The molecule has 0 bridgehead atoms. The van der Waals surface area contributed by atoms with Crippen LogP contribution in [0.5, 0.6) is 0 Å². The molecule has 6 heteroatoms. The van der Waals surface area contributed by atoms with Gasteiger partial charge in [0.25, 0.3) is 0 Å². The summed E-state index contributed by atoms with van der Waals surface area (Å²) in [7, 11) is -1.75. The van der Waals surface area contributed by atoms with Crippen LogP contribution in [0.15, 0.2) is 0 Å². The van der Waals surface area contributed by atoms with Crippen molar-refractivity contribution in [2.24, 2.45) is 0 Å². The van der Waals surface area contributed by atoms with Crippen molar-refractivity contribution >= 4 is 36.6 Å². The number of hydrogen-bond donors (Lipinski definition) is 0. The summed E-state index contributed by atoms with van der Waals surface area (Å²) in [6.07, 6.45) is 21.1. The summed E-state index contributed by atoms with van der Waals surface area (Å²) >= 11 is 0. The molecular weight excluding hydrogens is 478 g/mol. The van der Waals surface area contributed by atoms with E-state index in [4.69, 9.17) is 0 Å². The molecule has 0 aliphatic heterocycles. The maximum atomic E-state index is 11.1. The summed E-state index contributed by atoms with van der Waals surface area (Å²) in [6, 6.07) is 0. The molecular formula is C24H53BrNO2S2+. The van der Waals surface area contributed by atoms with Gasteiger partial charge in [0.1, 0.15) is 0 Å². The third-order valence-electron chi connectivity index (χ3n) is 6.03. The summed E-state index contributed by atoms with van der Waals surface area (Å²) in [6.45, 7) is 12.5. The van der Waals surface area contributed by atoms with E-state index in [1.54, 1.807) is 0 Å². The van der Waals surface area contributed by atoms with E-state index >= 15 is 0 Å². The Hall–Kier alpha value is 0.740. The molecule has 0 aromatic carbocycles. The van der Waals surface area contributed by atoms with Crippen LogP contribution in [0.3, 0.4) is 0 Å². The SMILES string of the molecule is Br.CCCCC[N+](CCCCC)(CCCCC)CCCCCCCCSS(C)(=O)=O. The number of hydrogen-bond acceptors (Lipinski definition) is 3. The van der Waals surface area contributed by atoms with Crippen LogP contribution in [-0.2, 0) is 8.87 Å². The first-order chi connectivity index (χ1) is 13.9. The normalized spacial score (nSPS) is 12.1. The Bertz CT molecular complexity index is 432. The van der Waals surface area contributed by atoms with E-state index < -0.39 is 8.87 Å². The quantitative estimate of drug-likeness (QED) is 0.0807. The highest BCUT2D eigenvalue weighted by Crippen LogP contribution is 2.19. The zero-order valence-corrected chi connectivity index (χ0v) is 24.0. The Morgan fingerprint density at radius 3 is 1.27 bits per heavy atom. The van der Waals surface area contributed by atoms with Crippen molar-refractivity contribution in [2.45, 2.75) is 117 Å². The van der Waals surface area contributed by atoms with Crippen molar-refractivity contribution in [3.8, 4) is 0 Å². The highest BCUT2D eigenvalue weighted by Gasteiger charge is 2.25. The molecule has 0 rings (SSSR count). The van der Waals surface area contributed by atoms with Crippen LogP contribution < -0.4 is 0 Å². The fourth-order valence-electron chi connectivity index (χ4n) is 4.23. The van der Waals surface area contributed by atoms with E-state index in [9.17, 15) is 8.42 Å². The summed E-state index contributed by atoms with van der Waals surface area (Å²) < 4.78 is 23.7. The first kappa shape index (κ1) is 32.9. The molecule has 0 N–H and O–H groups in total. The van der Waals surface area contributed by atoms with E-state index in [0.29, 0.717) is 0 Å². The smallest absolute Gasteiger partial charge is 0.198 e. The lowest BCUT2D eigenvalue weighted by molar-refractivity contribution is -0.929. The molecule has 3 nitrogen and oxygen atoms in total. The van der Waals surface area contributed by atoms with E-state index in [-0.39, 0.29) is 17.0 Å². The van der Waals surface area contributed by atoms with E-state index in [0.717, 1.165) is 23.0 Å². The van der Waals surface area contributed by atoms with Crippen LogP contribution in [0.4, 0.5) is 0 Å². The number of quaternary nitrogens is 1. The van der Waals surface area contributed by atoms with Gasteiger partial charge in [-0.3, -0.25) is 0 Å². The minimum absolute atomic E-state index is 0. The number of halogens is 1. The maximum Gasteiger partial charge on any atom is 0.198 e. The standard InChI is InChI=1S/C24H52NO2S2.BrH/c1-5-8-15-20-25(21-16-9-6-2,22-17-10-7-3)23-18-13-11-12-14-19-24-28-29(4,26)27;/h5-24H2,1-4H3;1H/q+1;. The van der Waals surface area contributed by atoms with Crippen LogP contribution in [-0.4, -0.2) is 51.1 Å². The van der Waals surface area contributed by atoms with Gasteiger partial charge in [0, 0.05) is 12.0 Å². The van der Waals surface area contributed by atoms with E-state index in [2.05, 4.69) is 20.8 Å². The minimum Gasteiger partial charge on any atom is -0.324 e. The van der Waals surface area contributed by atoms with Gasteiger partial charge in [-0.15, -0.1) is 17.0 Å². The Labute approximate surface area is 204 Å². The molecule has 30 heavy (non-hydrogen) atoms. The zero-order valence-electron chi connectivity index (χ0n) is 20.6. The Kier molecular flexibility index (Phi) is 23.7. The molecule has 0 radical (unpaired) electrons. The molecule has 0 amide bonds. The number of unbranched alkanes of at least 4 members (excludes halogenated alkanes) is 11. The lowest BCUT2D eigenvalue weighted by Gasteiger charge is -2.39. The van der Waals surface area contributed by atoms with Gasteiger partial charge in [-0.2, -0.15) is 0 Å². The summed E-state index contributed by atoms with van der Waals surface area (Å²) in [5.41, 5.74) is 0. The van der Waals surface area contributed by atoms with Crippen molar-refractivity contribution in [1.82, 2.24) is 0 Å². The molecule has 184 valence electrons. The molecule has 0 unspecified atom stereocenters. The van der Waals surface area contributed by atoms with E-state index in [1.807, 2.05) is 0 Å². The minimum atomic E-state index is -2.86. The van der Waals surface area contributed by atoms with Gasteiger partial charge in [-0.1, -0.05) is 59.3 Å². The molecule has 0 aromatic rings. The fourth-order valence-corrected chi connectivity index (χ4v) is 6.12. The van der Waals surface area contributed by atoms with Crippen LogP contribution in [0.25, 0.3) is 0 Å². The van der Waals surface area contributed by atoms with Gasteiger partial charge in [-0.25, -0.2) is 8.42 Å². The molecule has 0 fully saturated rings. The first-order valence-corrected chi connectivity index (χ1v) is 16.0. The second-order valence-corrected chi connectivity index (χ2v) is 13.6. The average Bonchev–Trinajstić information content (AvgIpc) is 2.66. The van der Waals surface area contributed by atoms with Crippen molar-refractivity contribution in [1.29, 1.82) is 0 Å². The topological polar surface area (TPSA) is 34.1 Å². The fraction of sp³-hybridized carbons (Fsp3) is 1.00. The van der Waals surface area contributed by atoms with E-state index in [1.165, 1.54) is 127 Å². The summed E-state index contributed by atoms with van der Waals surface area (Å²) in [4.78, 5) is 0. The van der Waals surface area contributed by atoms with Crippen LogP contribution in [0.2, 0.25) is 0 Å². The monoisotopic (exact) mass is 530 g/mol. The number of nitrogens with zero attached hydrogens (tertiary/aromatic N) is 1. The second kappa shape index (κ2) is 21.6. The van der Waals surface area contributed by atoms with Crippen molar-refractivity contribution in [2.75, 3.05) is 38.2 Å². The van der Waals surface area contributed by atoms with Gasteiger partial charge in [0.05, 0.1) is 26.2 Å². The van der Waals surface area contributed by atoms with Gasteiger partial charge < -0.3 is 4.48 Å². The second-order valence-electron chi connectivity index (χ2n) is 9.00. The van der Waals surface area contributed by atoms with Gasteiger partial charge >= 0.3 is 0 Å². The third kappa shape index (κ3) is 20.6. The maximum absolute atomic E-state index is 11.1. The zero-order chi connectivity index (χ0) is 21.8. The molecule has 0 atom stereocenters. The summed E-state index contributed by atoms with van der Waals surface area (Å²) in [5, 5.41) is 0. The Balaban J connectivity index is 0. The molecule has 0 spiro atoms. The van der Waals surface area contributed by atoms with Crippen molar-refractivity contribution in [3.63, 3.8) is 0 Å². The third-order valence-corrected chi connectivity index (χ3v) is 8.70. The molecule has 0 aromatic heterocycles. The predicted octanol–water partition coefficient (Wildman–Crippen LogP) is 7.99. The van der Waals surface area contributed by atoms with Gasteiger partial charge in [0.2, 0.25) is 0 Å². The summed E-state index contributed by atoms with van der Waals surface area (Å²) in [5.74, 6) is 0.755. The Morgan fingerprint density at radius 2 is 0.900 bits per heavy atom. The highest BCUT2D eigenvalue weighted by molar-refractivity contribution is 8.93. The molecule has 0 saturated carbocycles. The molecule has 0 saturated heterocycles.